The molecule has 1 atom stereocenters. The Balaban J connectivity index is 2.47. The van der Waals surface area contributed by atoms with Crippen molar-refractivity contribution in [1.82, 2.24) is 5.32 Å². The summed E-state index contributed by atoms with van der Waals surface area (Å²) < 4.78 is 0. The highest BCUT2D eigenvalue weighted by molar-refractivity contribution is 6.32. The third kappa shape index (κ3) is 3.66. The molecule has 0 spiro atoms. The van der Waals surface area contributed by atoms with E-state index in [0.29, 0.717) is 0 Å². The first-order chi connectivity index (χ1) is 10.0. The largest absolute Gasteiger partial charge is 0.306 e. The predicted molar refractivity (Wildman–Crippen MR) is 92.2 cm³/mol. The van der Waals surface area contributed by atoms with Gasteiger partial charge in [-0.15, -0.1) is 0 Å². The summed E-state index contributed by atoms with van der Waals surface area (Å²) in [6, 6.07) is 13.1. The molecule has 0 saturated heterocycles. The molecule has 0 saturated carbocycles. The second kappa shape index (κ2) is 7.11. The fourth-order valence-electron chi connectivity index (χ4n) is 2.53. The molecule has 0 aliphatic carbocycles. The normalized spacial score (nSPS) is 12.4. The van der Waals surface area contributed by atoms with Crippen molar-refractivity contribution in [3.63, 3.8) is 0 Å². The molecule has 2 aromatic rings. The van der Waals surface area contributed by atoms with Crippen LogP contribution in [0, 0.1) is 20.8 Å². The quantitative estimate of drug-likeness (QED) is 0.784. The number of nitrogens with one attached hydrogen (secondary N) is 1. The summed E-state index contributed by atoms with van der Waals surface area (Å²) in [5.41, 5.74) is 6.21. The Morgan fingerprint density at radius 1 is 1.00 bits per heavy atom. The Labute approximate surface area is 133 Å². The van der Waals surface area contributed by atoms with Crippen LogP contribution in [0.2, 0.25) is 5.02 Å². The van der Waals surface area contributed by atoms with Gasteiger partial charge in [0.25, 0.3) is 0 Å². The van der Waals surface area contributed by atoms with Crippen LogP contribution < -0.4 is 5.32 Å². The molecule has 0 aliphatic heterocycles. The molecular weight excluding hydrogens is 278 g/mol. The zero-order valence-electron chi connectivity index (χ0n) is 13.3. The second-order valence-corrected chi connectivity index (χ2v) is 6.09. The van der Waals surface area contributed by atoms with Gasteiger partial charge in [-0.1, -0.05) is 54.9 Å². The first kappa shape index (κ1) is 16.1. The molecule has 112 valence electrons. The summed E-state index contributed by atoms with van der Waals surface area (Å²) in [7, 11) is 0. The Kier molecular flexibility index (Phi) is 5.44. The molecule has 1 N–H and O–H groups in total. The Morgan fingerprint density at radius 3 is 2.43 bits per heavy atom. The van der Waals surface area contributed by atoms with Gasteiger partial charge in [0.15, 0.2) is 0 Å². The van der Waals surface area contributed by atoms with Crippen molar-refractivity contribution < 1.29 is 0 Å². The second-order valence-electron chi connectivity index (χ2n) is 5.71. The topological polar surface area (TPSA) is 12.0 Å². The van der Waals surface area contributed by atoms with Crippen LogP contribution in [0.25, 0.3) is 0 Å². The standard InChI is InChI=1S/C19H24ClN/c1-5-11-21-19(16-10-9-13(2)15(4)12-16)17-8-6-7-14(3)18(17)20/h6-10,12,19,21H,5,11H2,1-4H3. The number of aryl methyl sites for hydroxylation is 3. The van der Waals surface area contributed by atoms with Gasteiger partial charge in [-0.25, -0.2) is 0 Å². The third-order valence-corrected chi connectivity index (χ3v) is 4.51. The van der Waals surface area contributed by atoms with Crippen LogP contribution in [0.5, 0.6) is 0 Å². The minimum Gasteiger partial charge on any atom is -0.306 e. The fraction of sp³-hybridized carbons (Fsp3) is 0.368. The lowest BCUT2D eigenvalue weighted by Gasteiger charge is -2.22. The predicted octanol–water partition coefficient (Wildman–Crippen LogP) is 5.35. The summed E-state index contributed by atoms with van der Waals surface area (Å²) >= 11 is 6.55. The van der Waals surface area contributed by atoms with E-state index in [0.717, 1.165) is 29.1 Å². The highest BCUT2D eigenvalue weighted by Crippen LogP contribution is 2.31. The van der Waals surface area contributed by atoms with Crippen LogP contribution in [0.4, 0.5) is 0 Å². The lowest BCUT2D eigenvalue weighted by Crippen LogP contribution is -2.23. The monoisotopic (exact) mass is 301 g/mol. The van der Waals surface area contributed by atoms with Crippen molar-refractivity contribution in [3.05, 3.63) is 69.2 Å². The molecule has 0 fully saturated rings. The average Bonchev–Trinajstić information content (AvgIpc) is 2.47. The maximum Gasteiger partial charge on any atom is 0.0591 e. The molecule has 0 aliphatic rings. The summed E-state index contributed by atoms with van der Waals surface area (Å²) in [5, 5.41) is 4.50. The summed E-state index contributed by atoms with van der Waals surface area (Å²) in [4.78, 5) is 0. The minimum atomic E-state index is 0.150. The van der Waals surface area contributed by atoms with E-state index in [2.05, 4.69) is 69.4 Å². The maximum atomic E-state index is 6.55. The minimum absolute atomic E-state index is 0.150. The van der Waals surface area contributed by atoms with Gasteiger partial charge in [-0.2, -0.15) is 0 Å². The van der Waals surface area contributed by atoms with Gasteiger partial charge in [0.2, 0.25) is 0 Å². The maximum absolute atomic E-state index is 6.55. The SMILES string of the molecule is CCCNC(c1ccc(C)c(C)c1)c1cccc(C)c1Cl. The molecule has 0 radical (unpaired) electrons. The summed E-state index contributed by atoms with van der Waals surface area (Å²) in [6.07, 6.45) is 1.10. The number of hydrogen-bond donors (Lipinski definition) is 1. The molecule has 2 aromatic carbocycles. The highest BCUT2D eigenvalue weighted by atomic mass is 35.5. The van der Waals surface area contributed by atoms with E-state index in [1.807, 2.05) is 0 Å². The lowest BCUT2D eigenvalue weighted by atomic mass is 9.94. The first-order valence-corrected chi connectivity index (χ1v) is 7.98. The van der Waals surface area contributed by atoms with Crippen molar-refractivity contribution in [1.29, 1.82) is 0 Å². The Bertz CT molecular complexity index is 619. The van der Waals surface area contributed by atoms with E-state index in [1.165, 1.54) is 16.7 Å². The molecule has 0 aromatic heterocycles. The molecule has 1 unspecified atom stereocenters. The summed E-state index contributed by atoms with van der Waals surface area (Å²) in [6.45, 7) is 9.52. The van der Waals surface area contributed by atoms with Crippen molar-refractivity contribution >= 4 is 11.6 Å². The van der Waals surface area contributed by atoms with Crippen LogP contribution in [-0.2, 0) is 0 Å². The van der Waals surface area contributed by atoms with E-state index in [4.69, 9.17) is 11.6 Å². The van der Waals surface area contributed by atoms with Gasteiger partial charge < -0.3 is 5.32 Å². The molecule has 2 heteroatoms. The van der Waals surface area contributed by atoms with Gasteiger partial charge in [0, 0.05) is 5.02 Å². The van der Waals surface area contributed by atoms with Crippen LogP contribution in [-0.4, -0.2) is 6.54 Å². The van der Waals surface area contributed by atoms with Gasteiger partial charge in [0.1, 0.15) is 0 Å². The lowest BCUT2D eigenvalue weighted by molar-refractivity contribution is 0.598. The molecule has 0 heterocycles. The van der Waals surface area contributed by atoms with Crippen molar-refractivity contribution in [2.45, 2.75) is 40.2 Å². The third-order valence-electron chi connectivity index (χ3n) is 4.00. The van der Waals surface area contributed by atoms with Crippen LogP contribution in [0.1, 0.15) is 47.2 Å². The van der Waals surface area contributed by atoms with E-state index < -0.39 is 0 Å². The van der Waals surface area contributed by atoms with E-state index in [1.54, 1.807) is 0 Å². The van der Waals surface area contributed by atoms with Crippen LogP contribution >= 0.6 is 11.6 Å². The zero-order chi connectivity index (χ0) is 15.4. The van der Waals surface area contributed by atoms with E-state index in [9.17, 15) is 0 Å². The average molecular weight is 302 g/mol. The number of benzene rings is 2. The molecule has 0 bridgehead atoms. The Morgan fingerprint density at radius 2 is 1.76 bits per heavy atom. The van der Waals surface area contributed by atoms with Gasteiger partial charge >= 0.3 is 0 Å². The zero-order valence-corrected chi connectivity index (χ0v) is 14.1. The van der Waals surface area contributed by atoms with Gasteiger partial charge in [-0.05, 0) is 61.6 Å². The molecule has 21 heavy (non-hydrogen) atoms. The highest BCUT2D eigenvalue weighted by Gasteiger charge is 2.17. The molecule has 2 rings (SSSR count). The summed E-state index contributed by atoms with van der Waals surface area (Å²) in [5.74, 6) is 0. The Hall–Kier alpha value is -1.31. The molecule has 0 amide bonds. The van der Waals surface area contributed by atoms with E-state index in [-0.39, 0.29) is 6.04 Å². The van der Waals surface area contributed by atoms with Crippen molar-refractivity contribution in [2.75, 3.05) is 6.54 Å². The smallest absolute Gasteiger partial charge is 0.0591 e. The fourth-order valence-corrected chi connectivity index (χ4v) is 2.77. The van der Waals surface area contributed by atoms with Gasteiger partial charge in [0.05, 0.1) is 6.04 Å². The van der Waals surface area contributed by atoms with Gasteiger partial charge in [-0.3, -0.25) is 0 Å². The number of hydrogen-bond acceptors (Lipinski definition) is 1. The van der Waals surface area contributed by atoms with Crippen molar-refractivity contribution in [3.8, 4) is 0 Å². The molecular formula is C19H24ClN. The molecule has 1 nitrogen and oxygen atoms in total. The van der Waals surface area contributed by atoms with Crippen LogP contribution in [0.15, 0.2) is 36.4 Å². The van der Waals surface area contributed by atoms with Crippen LogP contribution in [0.3, 0.4) is 0 Å². The first-order valence-electron chi connectivity index (χ1n) is 7.60. The number of halogens is 1. The number of rotatable bonds is 5. The van der Waals surface area contributed by atoms with E-state index >= 15 is 0 Å². The van der Waals surface area contributed by atoms with Crippen molar-refractivity contribution in [2.24, 2.45) is 0 Å².